The third kappa shape index (κ3) is 3.29. The van der Waals surface area contributed by atoms with Crippen molar-refractivity contribution in [1.29, 1.82) is 0 Å². The molecule has 1 aliphatic rings. The fourth-order valence-corrected chi connectivity index (χ4v) is 3.20. The molecule has 140 valence electrons. The lowest BCUT2D eigenvalue weighted by atomic mass is 10.2. The van der Waals surface area contributed by atoms with Gasteiger partial charge in [0.2, 0.25) is 0 Å². The van der Waals surface area contributed by atoms with Crippen molar-refractivity contribution < 1.29 is 4.39 Å². The number of nitrogens with two attached hydrogens (primary N) is 2. The summed E-state index contributed by atoms with van der Waals surface area (Å²) in [5.41, 5.74) is 11.9. The number of pyridine rings is 2. The summed E-state index contributed by atoms with van der Waals surface area (Å²) in [6, 6.07) is 9.11. The molecule has 0 bridgehead atoms. The van der Waals surface area contributed by atoms with E-state index in [-0.39, 0.29) is 6.04 Å². The van der Waals surface area contributed by atoms with Gasteiger partial charge >= 0.3 is 0 Å². The SMILES string of the molecule is N/C=C(\NN)c1ccn2c(-c3cccc(NC4CNCC4F)n3)cnc2c1. The summed E-state index contributed by atoms with van der Waals surface area (Å²) in [4.78, 5) is 9.07. The summed E-state index contributed by atoms with van der Waals surface area (Å²) in [5, 5.41) is 6.18. The largest absolute Gasteiger partial charge is 0.403 e. The van der Waals surface area contributed by atoms with Crippen LogP contribution in [-0.2, 0) is 0 Å². The van der Waals surface area contributed by atoms with Crippen LogP contribution < -0.4 is 27.6 Å². The van der Waals surface area contributed by atoms with Crippen LogP contribution >= 0.6 is 0 Å². The molecule has 3 aromatic heterocycles. The molecule has 4 rings (SSSR count). The third-order valence-electron chi connectivity index (χ3n) is 4.63. The zero-order valence-electron chi connectivity index (χ0n) is 14.6. The fourth-order valence-electron chi connectivity index (χ4n) is 3.20. The van der Waals surface area contributed by atoms with Gasteiger partial charge < -0.3 is 21.8 Å². The zero-order valence-corrected chi connectivity index (χ0v) is 14.6. The fraction of sp³-hybridized carbons (Fsp3) is 0.222. The Morgan fingerprint density at radius 2 is 2.22 bits per heavy atom. The molecule has 4 heterocycles. The first-order chi connectivity index (χ1) is 13.2. The van der Waals surface area contributed by atoms with Crippen molar-refractivity contribution >= 4 is 17.2 Å². The number of rotatable bonds is 5. The van der Waals surface area contributed by atoms with Crippen molar-refractivity contribution in [3.63, 3.8) is 0 Å². The monoisotopic (exact) mass is 368 g/mol. The molecule has 0 saturated carbocycles. The smallest absolute Gasteiger partial charge is 0.137 e. The minimum Gasteiger partial charge on any atom is -0.403 e. The summed E-state index contributed by atoms with van der Waals surface area (Å²) in [7, 11) is 0. The number of nitrogens with one attached hydrogen (secondary N) is 3. The Morgan fingerprint density at radius 3 is 2.96 bits per heavy atom. The number of fused-ring (bicyclic) bond motifs is 1. The van der Waals surface area contributed by atoms with E-state index in [2.05, 4.69) is 26.0 Å². The van der Waals surface area contributed by atoms with Crippen molar-refractivity contribution in [2.24, 2.45) is 11.6 Å². The molecule has 7 N–H and O–H groups in total. The van der Waals surface area contributed by atoms with Gasteiger partial charge in [-0.3, -0.25) is 10.2 Å². The van der Waals surface area contributed by atoms with Gasteiger partial charge in [-0.05, 0) is 24.3 Å². The summed E-state index contributed by atoms with van der Waals surface area (Å²) in [6.45, 7) is 0.946. The molecule has 1 fully saturated rings. The number of hydrazine groups is 1. The van der Waals surface area contributed by atoms with E-state index in [4.69, 9.17) is 11.6 Å². The van der Waals surface area contributed by atoms with Gasteiger partial charge in [0.15, 0.2) is 0 Å². The van der Waals surface area contributed by atoms with Gasteiger partial charge in [-0.15, -0.1) is 0 Å². The second-order valence-electron chi connectivity index (χ2n) is 6.34. The van der Waals surface area contributed by atoms with Crippen LogP contribution in [0.25, 0.3) is 22.7 Å². The summed E-state index contributed by atoms with van der Waals surface area (Å²) in [5.74, 6) is 6.11. The highest BCUT2D eigenvalue weighted by molar-refractivity contribution is 5.69. The van der Waals surface area contributed by atoms with Crippen LogP contribution in [0.4, 0.5) is 10.2 Å². The average Bonchev–Trinajstić information content (AvgIpc) is 3.29. The van der Waals surface area contributed by atoms with E-state index in [0.717, 1.165) is 22.6 Å². The van der Waals surface area contributed by atoms with Crippen molar-refractivity contribution in [2.75, 3.05) is 18.4 Å². The van der Waals surface area contributed by atoms with E-state index < -0.39 is 6.17 Å². The molecule has 0 spiro atoms. The van der Waals surface area contributed by atoms with Gasteiger partial charge in [-0.25, -0.2) is 14.4 Å². The summed E-state index contributed by atoms with van der Waals surface area (Å²) in [6.07, 6.45) is 4.11. The Labute approximate surface area is 155 Å². The van der Waals surface area contributed by atoms with Gasteiger partial charge in [0, 0.05) is 31.0 Å². The van der Waals surface area contributed by atoms with Gasteiger partial charge in [0.1, 0.15) is 17.6 Å². The normalized spacial score (nSPS) is 20.1. The van der Waals surface area contributed by atoms with Gasteiger partial charge in [-0.2, -0.15) is 0 Å². The Bertz CT molecular complexity index is 982. The minimum absolute atomic E-state index is 0.275. The number of anilines is 1. The number of halogens is 1. The number of imidazole rings is 1. The van der Waals surface area contributed by atoms with Crippen LogP contribution in [0.2, 0.25) is 0 Å². The van der Waals surface area contributed by atoms with E-state index >= 15 is 0 Å². The standard InChI is InChI=1S/C18H21FN8/c19-12-8-22-9-15(12)25-17-3-1-2-13(24-17)16-10-23-18-6-11(4-5-27(16)18)14(7-20)26-21/h1-7,10,12,15,22,26H,8-9,20-21H2,(H,24,25)/b14-7-. The maximum Gasteiger partial charge on any atom is 0.137 e. The highest BCUT2D eigenvalue weighted by Gasteiger charge is 2.26. The number of nitrogens with zero attached hydrogens (tertiary/aromatic N) is 3. The molecule has 27 heavy (non-hydrogen) atoms. The van der Waals surface area contributed by atoms with Crippen molar-refractivity contribution in [3.8, 4) is 11.4 Å². The zero-order chi connectivity index (χ0) is 18.8. The first kappa shape index (κ1) is 17.3. The Balaban J connectivity index is 1.65. The van der Waals surface area contributed by atoms with Crippen molar-refractivity contribution in [1.82, 2.24) is 25.1 Å². The molecule has 1 saturated heterocycles. The van der Waals surface area contributed by atoms with Gasteiger partial charge in [0.25, 0.3) is 0 Å². The molecular formula is C18H21FN8. The first-order valence-electron chi connectivity index (χ1n) is 8.64. The number of alkyl halides is 1. The Morgan fingerprint density at radius 1 is 1.33 bits per heavy atom. The first-order valence-corrected chi connectivity index (χ1v) is 8.64. The Hall–Kier alpha value is -3.17. The number of aromatic nitrogens is 3. The molecule has 0 radical (unpaired) electrons. The Kier molecular flexibility index (Phi) is 4.61. The highest BCUT2D eigenvalue weighted by Crippen LogP contribution is 2.23. The third-order valence-corrected chi connectivity index (χ3v) is 4.63. The molecule has 0 aliphatic carbocycles. The molecule has 0 amide bonds. The van der Waals surface area contributed by atoms with Crippen LogP contribution in [0, 0.1) is 0 Å². The van der Waals surface area contributed by atoms with E-state index in [0.29, 0.717) is 24.6 Å². The predicted molar refractivity (Wildman–Crippen MR) is 103 cm³/mol. The lowest BCUT2D eigenvalue weighted by Crippen LogP contribution is -2.29. The second-order valence-corrected chi connectivity index (χ2v) is 6.34. The van der Waals surface area contributed by atoms with Gasteiger partial charge in [-0.1, -0.05) is 6.07 Å². The molecule has 1 aliphatic heterocycles. The van der Waals surface area contributed by atoms with Crippen molar-refractivity contribution in [2.45, 2.75) is 12.2 Å². The summed E-state index contributed by atoms with van der Waals surface area (Å²) >= 11 is 0. The maximum absolute atomic E-state index is 13.8. The second kappa shape index (κ2) is 7.22. The quantitative estimate of drug-likeness (QED) is 0.334. The molecule has 9 heteroatoms. The predicted octanol–water partition coefficient (Wildman–Crippen LogP) is 0.839. The topological polar surface area (TPSA) is 118 Å². The van der Waals surface area contributed by atoms with Crippen molar-refractivity contribution in [3.05, 3.63) is 54.5 Å². The van der Waals surface area contributed by atoms with E-state index in [1.54, 1.807) is 6.20 Å². The highest BCUT2D eigenvalue weighted by atomic mass is 19.1. The maximum atomic E-state index is 13.8. The van der Waals surface area contributed by atoms with E-state index in [1.165, 1.54) is 6.20 Å². The summed E-state index contributed by atoms with van der Waals surface area (Å²) < 4.78 is 15.7. The minimum atomic E-state index is -0.925. The van der Waals surface area contributed by atoms with E-state index in [1.807, 2.05) is 40.9 Å². The molecular weight excluding hydrogens is 347 g/mol. The van der Waals surface area contributed by atoms with Crippen LogP contribution in [0.5, 0.6) is 0 Å². The van der Waals surface area contributed by atoms with Crippen LogP contribution in [0.15, 0.2) is 48.9 Å². The number of hydrogen-bond donors (Lipinski definition) is 5. The average molecular weight is 368 g/mol. The van der Waals surface area contributed by atoms with Crippen LogP contribution in [0.1, 0.15) is 5.56 Å². The molecule has 2 unspecified atom stereocenters. The van der Waals surface area contributed by atoms with Crippen LogP contribution in [-0.4, -0.2) is 39.7 Å². The molecule has 0 aromatic carbocycles. The lowest BCUT2D eigenvalue weighted by molar-refractivity contribution is 0.342. The molecule has 8 nitrogen and oxygen atoms in total. The lowest BCUT2D eigenvalue weighted by Gasteiger charge is -2.15. The molecule has 2 atom stereocenters. The van der Waals surface area contributed by atoms with Gasteiger partial charge in [0.05, 0.1) is 29.3 Å². The van der Waals surface area contributed by atoms with E-state index in [9.17, 15) is 4.39 Å². The van der Waals surface area contributed by atoms with Crippen LogP contribution in [0.3, 0.4) is 0 Å². The number of hydrogen-bond acceptors (Lipinski definition) is 7. The molecule has 3 aromatic rings.